The molecule has 2 aromatic rings. The molecular weight excluding hydrogens is 463 g/mol. The summed E-state index contributed by atoms with van der Waals surface area (Å²) in [6, 6.07) is 0.903. The number of aryl methyl sites for hydroxylation is 1. The van der Waals surface area contributed by atoms with Crippen LogP contribution in [0.5, 0.6) is 5.88 Å². The van der Waals surface area contributed by atoms with E-state index in [2.05, 4.69) is 10.4 Å². The molecule has 0 radical (unpaired) electrons. The Bertz CT molecular complexity index is 1160. The molecule has 4 aliphatic rings. The number of likely N-dealkylation sites (N-methyl/N-ethyl adjacent to an activating group) is 1. The van der Waals surface area contributed by atoms with Crippen molar-refractivity contribution in [3.8, 4) is 5.88 Å². The number of aromatic nitrogens is 4. The maximum absolute atomic E-state index is 13.1. The fourth-order valence-electron chi connectivity index (χ4n) is 5.14. The van der Waals surface area contributed by atoms with Gasteiger partial charge in [0.05, 0.1) is 18.3 Å². The summed E-state index contributed by atoms with van der Waals surface area (Å²) in [5.41, 5.74) is 0.822. The van der Waals surface area contributed by atoms with Crippen LogP contribution in [0.4, 0.5) is 30.6 Å². The van der Waals surface area contributed by atoms with E-state index in [0.29, 0.717) is 19.1 Å². The fourth-order valence-corrected chi connectivity index (χ4v) is 5.14. The van der Waals surface area contributed by atoms with Gasteiger partial charge in [-0.2, -0.15) is 23.3 Å². The van der Waals surface area contributed by atoms with E-state index in [0.717, 1.165) is 61.8 Å². The highest BCUT2D eigenvalue weighted by Crippen LogP contribution is 2.42. The third-order valence-electron chi connectivity index (χ3n) is 7.46. The van der Waals surface area contributed by atoms with Crippen LogP contribution in [-0.4, -0.2) is 57.9 Å². The van der Waals surface area contributed by atoms with Crippen molar-refractivity contribution in [1.82, 2.24) is 19.7 Å². The van der Waals surface area contributed by atoms with Gasteiger partial charge in [0, 0.05) is 25.7 Å². The summed E-state index contributed by atoms with van der Waals surface area (Å²) in [5, 5.41) is 7.13. The highest BCUT2D eigenvalue weighted by molar-refractivity contribution is 6.05. The minimum Gasteiger partial charge on any atom is -0.478 e. The minimum atomic E-state index is -4.48. The Hall–Kier alpha value is -3.05. The molecule has 2 saturated carbocycles. The fraction of sp³-hybridized carbons (Fsp3) is 0.652. The second-order valence-corrected chi connectivity index (χ2v) is 10.1. The van der Waals surface area contributed by atoms with Gasteiger partial charge in [-0.25, -0.2) is 9.67 Å². The standard InChI is InChI=1S/C23H28F3N7O2/c1-12-21(34)32-7-3-4-16-19(32)20(31(12)2)29-22(28-16)27-14-8-13(9-14)11-35-18-10-17(23(24,25)26)30-33(18)15-5-6-15/h10,12-15H,3-9,11H2,1-2H3,(H,27,28,29). The molecule has 12 heteroatoms. The number of hydrogen-bond donors (Lipinski definition) is 1. The molecule has 2 aliphatic heterocycles. The number of ether oxygens (including phenoxy) is 1. The lowest BCUT2D eigenvalue weighted by Gasteiger charge is -2.42. The number of amides is 1. The number of alkyl halides is 3. The largest absolute Gasteiger partial charge is 0.478 e. The first kappa shape index (κ1) is 22.4. The molecule has 0 aromatic carbocycles. The predicted octanol–water partition coefficient (Wildman–Crippen LogP) is 3.41. The van der Waals surface area contributed by atoms with E-state index in [9.17, 15) is 18.0 Å². The lowest BCUT2D eigenvalue weighted by atomic mass is 9.81. The van der Waals surface area contributed by atoms with Gasteiger partial charge in [-0.3, -0.25) is 4.79 Å². The number of rotatable bonds is 6. The smallest absolute Gasteiger partial charge is 0.435 e. The summed E-state index contributed by atoms with van der Waals surface area (Å²) in [6.45, 7) is 2.93. The number of carbonyl (C=O) groups is 1. The molecule has 9 nitrogen and oxygen atoms in total. The van der Waals surface area contributed by atoms with Gasteiger partial charge >= 0.3 is 6.18 Å². The van der Waals surface area contributed by atoms with Crippen molar-refractivity contribution in [2.75, 3.05) is 35.3 Å². The van der Waals surface area contributed by atoms with Crippen molar-refractivity contribution in [3.05, 3.63) is 17.5 Å². The second kappa shape index (κ2) is 7.99. The van der Waals surface area contributed by atoms with E-state index in [1.54, 1.807) is 0 Å². The summed E-state index contributed by atoms with van der Waals surface area (Å²) in [4.78, 5) is 25.9. The molecule has 2 aliphatic carbocycles. The molecule has 6 rings (SSSR count). The Balaban J connectivity index is 1.09. The zero-order valence-corrected chi connectivity index (χ0v) is 19.7. The Labute approximate surface area is 200 Å². The molecule has 1 atom stereocenters. The normalized spacial score (nSPS) is 25.9. The third-order valence-corrected chi connectivity index (χ3v) is 7.46. The first-order chi connectivity index (χ1) is 16.7. The first-order valence-electron chi connectivity index (χ1n) is 12.2. The number of carbonyl (C=O) groups excluding carboxylic acids is 1. The molecule has 4 heterocycles. The molecular formula is C23H28F3N7O2. The maximum atomic E-state index is 13.1. The summed E-state index contributed by atoms with van der Waals surface area (Å²) in [6.07, 6.45) is 0.490. The molecule has 35 heavy (non-hydrogen) atoms. The third kappa shape index (κ3) is 3.96. The number of hydrogen-bond acceptors (Lipinski definition) is 7. The second-order valence-electron chi connectivity index (χ2n) is 10.1. The van der Waals surface area contributed by atoms with Gasteiger partial charge in [-0.05, 0) is 51.4 Å². The maximum Gasteiger partial charge on any atom is 0.435 e. The van der Waals surface area contributed by atoms with Crippen molar-refractivity contribution in [3.63, 3.8) is 0 Å². The van der Waals surface area contributed by atoms with Crippen molar-refractivity contribution in [2.45, 2.75) is 69.8 Å². The van der Waals surface area contributed by atoms with E-state index in [4.69, 9.17) is 14.7 Å². The van der Waals surface area contributed by atoms with Crippen LogP contribution in [0.25, 0.3) is 0 Å². The van der Waals surface area contributed by atoms with Crippen LogP contribution in [0.3, 0.4) is 0 Å². The van der Waals surface area contributed by atoms with E-state index in [1.165, 1.54) is 4.68 Å². The van der Waals surface area contributed by atoms with E-state index in [1.807, 2.05) is 23.8 Å². The summed E-state index contributed by atoms with van der Waals surface area (Å²) in [5.74, 6) is 1.84. The molecule has 0 bridgehead atoms. The lowest BCUT2D eigenvalue weighted by molar-refractivity contribution is -0.141. The quantitative estimate of drug-likeness (QED) is 0.663. The van der Waals surface area contributed by atoms with Crippen LogP contribution < -0.4 is 19.9 Å². The van der Waals surface area contributed by atoms with Gasteiger partial charge in [0.25, 0.3) is 0 Å². The highest BCUT2D eigenvalue weighted by atomic mass is 19.4. The molecule has 0 spiro atoms. The van der Waals surface area contributed by atoms with Crippen LogP contribution in [0.1, 0.15) is 56.5 Å². The van der Waals surface area contributed by atoms with Gasteiger partial charge in [-0.15, -0.1) is 0 Å². The monoisotopic (exact) mass is 491 g/mol. The van der Waals surface area contributed by atoms with Crippen molar-refractivity contribution in [1.29, 1.82) is 0 Å². The number of nitrogens with one attached hydrogen (secondary N) is 1. The highest BCUT2D eigenvalue weighted by Gasteiger charge is 2.40. The average molecular weight is 492 g/mol. The van der Waals surface area contributed by atoms with E-state index < -0.39 is 11.9 Å². The Morgan fingerprint density at radius 2 is 2.00 bits per heavy atom. The lowest BCUT2D eigenvalue weighted by Crippen LogP contribution is -2.53. The van der Waals surface area contributed by atoms with Gasteiger partial charge < -0.3 is 19.9 Å². The molecule has 0 saturated heterocycles. The molecule has 1 N–H and O–H groups in total. The Morgan fingerprint density at radius 3 is 2.71 bits per heavy atom. The SMILES string of the molecule is CC1C(=O)N2CCCc3nc(NC4CC(COc5cc(C(F)(F)F)nn5C5CC5)C4)nc(c32)N1C. The van der Waals surface area contributed by atoms with Crippen molar-refractivity contribution < 1.29 is 22.7 Å². The van der Waals surface area contributed by atoms with Crippen LogP contribution in [-0.2, 0) is 17.4 Å². The zero-order valence-electron chi connectivity index (χ0n) is 19.7. The van der Waals surface area contributed by atoms with Crippen LogP contribution in [0.2, 0.25) is 0 Å². The number of nitrogens with zero attached hydrogens (tertiary/aromatic N) is 6. The van der Waals surface area contributed by atoms with E-state index >= 15 is 0 Å². The zero-order chi connectivity index (χ0) is 24.5. The van der Waals surface area contributed by atoms with Crippen LogP contribution in [0.15, 0.2) is 6.07 Å². The van der Waals surface area contributed by atoms with Gasteiger partial charge in [0.1, 0.15) is 11.7 Å². The molecule has 2 aromatic heterocycles. The first-order valence-corrected chi connectivity index (χ1v) is 12.2. The minimum absolute atomic E-state index is 0.00571. The molecule has 1 amide bonds. The molecule has 1 unspecified atom stereocenters. The molecule has 2 fully saturated rings. The predicted molar refractivity (Wildman–Crippen MR) is 122 cm³/mol. The van der Waals surface area contributed by atoms with Crippen LogP contribution in [0, 0.1) is 5.92 Å². The number of halogens is 3. The average Bonchev–Trinajstić information content (AvgIpc) is 3.55. The summed E-state index contributed by atoms with van der Waals surface area (Å²) in [7, 11) is 1.88. The summed E-state index contributed by atoms with van der Waals surface area (Å²) < 4.78 is 46.4. The van der Waals surface area contributed by atoms with E-state index in [-0.39, 0.29) is 35.8 Å². The van der Waals surface area contributed by atoms with Gasteiger partial charge in [0.15, 0.2) is 11.5 Å². The number of anilines is 3. The topological polar surface area (TPSA) is 88.4 Å². The van der Waals surface area contributed by atoms with Crippen molar-refractivity contribution in [2.24, 2.45) is 5.92 Å². The van der Waals surface area contributed by atoms with Gasteiger partial charge in [-0.1, -0.05) is 0 Å². The van der Waals surface area contributed by atoms with Crippen LogP contribution >= 0.6 is 0 Å². The summed E-state index contributed by atoms with van der Waals surface area (Å²) >= 11 is 0. The molecule has 188 valence electrons. The Kier molecular flexibility index (Phi) is 5.12. The Morgan fingerprint density at radius 1 is 1.23 bits per heavy atom. The van der Waals surface area contributed by atoms with Crippen molar-refractivity contribution >= 4 is 23.4 Å². The van der Waals surface area contributed by atoms with Gasteiger partial charge in [0.2, 0.25) is 17.7 Å².